The van der Waals surface area contributed by atoms with Crippen LogP contribution in [0.15, 0.2) is 17.5 Å². The summed E-state index contributed by atoms with van der Waals surface area (Å²) in [5.74, 6) is 2.97. The van der Waals surface area contributed by atoms with Crippen molar-refractivity contribution in [3.8, 4) is 10.7 Å². The van der Waals surface area contributed by atoms with Gasteiger partial charge in [0.1, 0.15) is 0 Å². The van der Waals surface area contributed by atoms with Crippen LogP contribution in [0.25, 0.3) is 10.7 Å². The number of aromatic nitrogens is 3. The Labute approximate surface area is 104 Å². The van der Waals surface area contributed by atoms with Gasteiger partial charge in [0, 0.05) is 13.1 Å². The van der Waals surface area contributed by atoms with Gasteiger partial charge in [0.15, 0.2) is 11.6 Å². The molecular weight excluding hydrogens is 232 g/mol. The van der Waals surface area contributed by atoms with Gasteiger partial charge in [-0.2, -0.15) is 0 Å². The first-order chi connectivity index (χ1) is 8.43. The van der Waals surface area contributed by atoms with Crippen molar-refractivity contribution in [1.29, 1.82) is 0 Å². The first-order valence-electron chi connectivity index (χ1n) is 6.14. The Bertz CT molecular complexity index is 527. The average molecular weight is 246 g/mol. The zero-order valence-electron chi connectivity index (χ0n) is 9.47. The lowest BCUT2D eigenvalue weighted by molar-refractivity contribution is 0.383. The van der Waals surface area contributed by atoms with E-state index in [1.807, 2.05) is 0 Å². The minimum atomic E-state index is 0.435. The van der Waals surface area contributed by atoms with Crippen molar-refractivity contribution >= 4 is 11.3 Å². The maximum atomic E-state index is 4.41. The van der Waals surface area contributed by atoms with Crippen molar-refractivity contribution < 1.29 is 0 Å². The van der Waals surface area contributed by atoms with E-state index in [9.17, 15) is 0 Å². The van der Waals surface area contributed by atoms with Gasteiger partial charge in [-0.1, -0.05) is 6.07 Å². The Kier molecular flexibility index (Phi) is 2.10. The van der Waals surface area contributed by atoms with Crippen LogP contribution in [0.2, 0.25) is 0 Å². The molecule has 2 aliphatic rings. The standard InChI is InChI=1S/C12H14N4S/c1-2-9(17-7-1)11-14-15-12-10(8-3-4-8)13-5-6-16(11)12/h1-2,7-8,10,13H,3-6H2. The summed E-state index contributed by atoms with van der Waals surface area (Å²) in [4.78, 5) is 1.22. The number of thiophene rings is 1. The Hall–Kier alpha value is -1.20. The number of rotatable bonds is 2. The summed E-state index contributed by atoms with van der Waals surface area (Å²) in [6, 6.07) is 4.63. The van der Waals surface area contributed by atoms with Crippen LogP contribution in [0.1, 0.15) is 24.7 Å². The topological polar surface area (TPSA) is 42.7 Å². The first kappa shape index (κ1) is 9.79. The summed E-state index contributed by atoms with van der Waals surface area (Å²) < 4.78 is 2.30. The lowest BCUT2D eigenvalue weighted by Gasteiger charge is -2.24. The smallest absolute Gasteiger partial charge is 0.174 e. The van der Waals surface area contributed by atoms with E-state index in [0.717, 1.165) is 30.7 Å². The highest BCUT2D eigenvalue weighted by atomic mass is 32.1. The van der Waals surface area contributed by atoms with Crippen LogP contribution in [0.5, 0.6) is 0 Å². The van der Waals surface area contributed by atoms with Gasteiger partial charge in [0.25, 0.3) is 0 Å². The summed E-state index contributed by atoms with van der Waals surface area (Å²) in [7, 11) is 0. The molecule has 1 fully saturated rings. The molecule has 5 heteroatoms. The van der Waals surface area contributed by atoms with E-state index >= 15 is 0 Å². The SMILES string of the molecule is c1csc(-c2nnc3n2CCNC3C2CC2)c1. The molecule has 1 N–H and O–H groups in total. The van der Waals surface area contributed by atoms with Crippen LogP contribution in [0.3, 0.4) is 0 Å². The molecule has 4 nitrogen and oxygen atoms in total. The van der Waals surface area contributed by atoms with Crippen molar-refractivity contribution in [3.05, 3.63) is 23.3 Å². The van der Waals surface area contributed by atoms with Gasteiger partial charge >= 0.3 is 0 Å². The van der Waals surface area contributed by atoms with Gasteiger partial charge in [-0.15, -0.1) is 21.5 Å². The summed E-state index contributed by atoms with van der Waals surface area (Å²) >= 11 is 1.73. The van der Waals surface area contributed by atoms with Crippen molar-refractivity contribution in [2.45, 2.75) is 25.4 Å². The second-order valence-electron chi connectivity index (χ2n) is 4.78. The second-order valence-corrected chi connectivity index (χ2v) is 5.73. The minimum absolute atomic E-state index is 0.435. The zero-order chi connectivity index (χ0) is 11.2. The first-order valence-corrected chi connectivity index (χ1v) is 7.02. The Morgan fingerprint density at radius 3 is 3.06 bits per heavy atom. The fourth-order valence-electron chi connectivity index (χ4n) is 2.58. The molecule has 2 aromatic rings. The highest BCUT2D eigenvalue weighted by Gasteiger charge is 2.37. The predicted molar refractivity (Wildman–Crippen MR) is 66.8 cm³/mol. The molecule has 1 aliphatic heterocycles. The molecule has 0 spiro atoms. The van der Waals surface area contributed by atoms with Crippen LogP contribution in [0, 0.1) is 5.92 Å². The molecule has 88 valence electrons. The quantitative estimate of drug-likeness (QED) is 0.882. The van der Waals surface area contributed by atoms with Gasteiger partial charge in [-0.05, 0) is 30.2 Å². The third-order valence-corrected chi connectivity index (χ3v) is 4.46. The summed E-state index contributed by atoms with van der Waals surface area (Å²) in [6.07, 6.45) is 2.66. The zero-order valence-corrected chi connectivity index (χ0v) is 10.3. The number of nitrogens with zero attached hydrogens (tertiary/aromatic N) is 3. The number of hydrogen-bond acceptors (Lipinski definition) is 4. The molecule has 1 aliphatic carbocycles. The Morgan fingerprint density at radius 2 is 2.29 bits per heavy atom. The van der Waals surface area contributed by atoms with Crippen molar-refractivity contribution in [2.24, 2.45) is 5.92 Å². The fraction of sp³-hybridized carbons (Fsp3) is 0.500. The molecule has 0 bridgehead atoms. The number of fused-ring (bicyclic) bond motifs is 1. The van der Waals surface area contributed by atoms with Crippen molar-refractivity contribution in [1.82, 2.24) is 20.1 Å². The van der Waals surface area contributed by atoms with Crippen LogP contribution >= 0.6 is 11.3 Å². The van der Waals surface area contributed by atoms with Crippen LogP contribution < -0.4 is 5.32 Å². The molecule has 3 heterocycles. The lowest BCUT2D eigenvalue weighted by atomic mass is 10.1. The summed E-state index contributed by atoms with van der Waals surface area (Å²) in [5, 5.41) is 14.5. The van der Waals surface area contributed by atoms with Gasteiger partial charge in [0.2, 0.25) is 0 Å². The monoisotopic (exact) mass is 246 g/mol. The van der Waals surface area contributed by atoms with E-state index < -0.39 is 0 Å². The van der Waals surface area contributed by atoms with Gasteiger partial charge < -0.3 is 9.88 Å². The average Bonchev–Trinajstić information content (AvgIpc) is 2.90. The van der Waals surface area contributed by atoms with Gasteiger partial charge in [-0.25, -0.2) is 0 Å². The van der Waals surface area contributed by atoms with Crippen LogP contribution in [-0.2, 0) is 6.54 Å². The summed E-state index contributed by atoms with van der Waals surface area (Å²) in [5.41, 5.74) is 0. The molecule has 4 rings (SSSR count). The van der Waals surface area contributed by atoms with E-state index in [0.29, 0.717) is 6.04 Å². The Balaban J connectivity index is 1.79. The molecule has 17 heavy (non-hydrogen) atoms. The second kappa shape index (κ2) is 3.65. The molecule has 1 unspecified atom stereocenters. The molecule has 0 aromatic carbocycles. The maximum absolute atomic E-state index is 4.41. The van der Waals surface area contributed by atoms with E-state index in [-0.39, 0.29) is 0 Å². The van der Waals surface area contributed by atoms with Crippen LogP contribution in [-0.4, -0.2) is 21.3 Å². The highest BCUT2D eigenvalue weighted by molar-refractivity contribution is 7.13. The van der Waals surface area contributed by atoms with Gasteiger partial charge in [0.05, 0.1) is 10.9 Å². The molecule has 0 amide bonds. The van der Waals surface area contributed by atoms with Crippen LogP contribution in [0.4, 0.5) is 0 Å². The molecule has 1 saturated carbocycles. The fourth-order valence-corrected chi connectivity index (χ4v) is 3.30. The predicted octanol–water partition coefficient (Wildman–Crippen LogP) is 2.06. The number of hydrogen-bond donors (Lipinski definition) is 1. The van der Waals surface area contributed by atoms with E-state index in [1.54, 1.807) is 11.3 Å². The summed E-state index contributed by atoms with van der Waals surface area (Å²) in [6.45, 7) is 2.02. The third-order valence-electron chi connectivity index (χ3n) is 3.59. The minimum Gasteiger partial charge on any atom is -0.308 e. The van der Waals surface area contributed by atoms with Crippen molar-refractivity contribution in [3.63, 3.8) is 0 Å². The largest absolute Gasteiger partial charge is 0.308 e. The lowest BCUT2D eigenvalue weighted by Crippen LogP contribution is -2.35. The van der Waals surface area contributed by atoms with E-state index in [4.69, 9.17) is 0 Å². The molecular formula is C12H14N4S. The molecule has 0 saturated heterocycles. The maximum Gasteiger partial charge on any atom is 0.174 e. The molecule has 1 atom stereocenters. The highest BCUT2D eigenvalue weighted by Crippen LogP contribution is 2.42. The third kappa shape index (κ3) is 1.53. The Morgan fingerprint density at radius 1 is 1.35 bits per heavy atom. The molecule has 0 radical (unpaired) electrons. The van der Waals surface area contributed by atoms with E-state index in [1.165, 1.54) is 17.7 Å². The number of nitrogens with one attached hydrogen (secondary N) is 1. The normalized spacial score (nSPS) is 23.6. The van der Waals surface area contributed by atoms with Gasteiger partial charge in [-0.3, -0.25) is 0 Å². The van der Waals surface area contributed by atoms with Crippen molar-refractivity contribution in [2.75, 3.05) is 6.54 Å². The molecule has 2 aromatic heterocycles. The van der Waals surface area contributed by atoms with E-state index in [2.05, 4.69) is 37.6 Å².